The van der Waals surface area contributed by atoms with Gasteiger partial charge in [-0.2, -0.15) is 0 Å². The maximum absolute atomic E-state index is 12.6. The normalized spacial score (nSPS) is 17.9. The summed E-state index contributed by atoms with van der Waals surface area (Å²) >= 11 is 6.99. The number of thiophene rings is 1. The molecule has 2 aromatic rings. The number of halogens is 1. The minimum atomic E-state index is 0.0402. The van der Waals surface area contributed by atoms with E-state index in [0.717, 1.165) is 15.1 Å². The third-order valence-electron chi connectivity index (χ3n) is 3.86. The van der Waals surface area contributed by atoms with Crippen LogP contribution in [0.3, 0.4) is 0 Å². The summed E-state index contributed by atoms with van der Waals surface area (Å²) in [7, 11) is 3.25. The van der Waals surface area contributed by atoms with Crippen molar-refractivity contribution >= 4 is 44.9 Å². The van der Waals surface area contributed by atoms with Gasteiger partial charge < -0.3 is 14.4 Å². The molecule has 1 aliphatic heterocycles. The van der Waals surface area contributed by atoms with Crippen molar-refractivity contribution in [2.75, 3.05) is 20.0 Å². The molecule has 1 aromatic heterocycles. The molecule has 4 nitrogen and oxygen atoms in total. The minimum absolute atomic E-state index is 0.0402. The summed E-state index contributed by atoms with van der Waals surface area (Å²) in [6, 6.07) is 9.89. The molecule has 1 atom stereocenters. The minimum Gasteiger partial charge on any atom is -0.493 e. The molecule has 7 heteroatoms. The van der Waals surface area contributed by atoms with E-state index in [9.17, 15) is 4.79 Å². The largest absolute Gasteiger partial charge is 0.493 e. The second-order valence-electron chi connectivity index (χ2n) is 5.29. The van der Waals surface area contributed by atoms with Crippen LogP contribution in [0.1, 0.15) is 22.2 Å². The Morgan fingerprint density at radius 2 is 2.08 bits per heavy atom. The average Bonchev–Trinajstić information content (AvgIpc) is 3.02. The van der Waals surface area contributed by atoms with Gasteiger partial charge in [0.2, 0.25) is 5.91 Å². The van der Waals surface area contributed by atoms with Gasteiger partial charge in [-0.05, 0) is 34.1 Å². The van der Waals surface area contributed by atoms with E-state index in [4.69, 9.17) is 9.47 Å². The van der Waals surface area contributed by atoms with Crippen molar-refractivity contribution in [3.05, 3.63) is 44.6 Å². The molecule has 1 amide bonds. The Morgan fingerprint density at radius 1 is 1.25 bits per heavy atom. The number of para-hydroxylation sites is 1. The van der Waals surface area contributed by atoms with Gasteiger partial charge >= 0.3 is 0 Å². The van der Waals surface area contributed by atoms with E-state index in [1.165, 1.54) is 4.88 Å². The van der Waals surface area contributed by atoms with Crippen molar-refractivity contribution in [2.45, 2.75) is 18.3 Å². The van der Waals surface area contributed by atoms with E-state index in [2.05, 4.69) is 22.0 Å². The summed E-state index contributed by atoms with van der Waals surface area (Å²) in [4.78, 5) is 15.7. The van der Waals surface area contributed by atoms with Crippen LogP contribution in [0.15, 0.2) is 34.1 Å². The fourth-order valence-corrected chi connectivity index (χ4v) is 5.65. The smallest absolute Gasteiger partial charge is 0.224 e. The standard InChI is InChI=1S/C17H18BrNO3S2/c1-21-12-5-3-4-11(16(12)22-2)10-19-15(20)8-9-23-17(19)13-6-7-14(18)24-13/h3-7,17H,8-10H2,1-2H3. The first-order valence-electron chi connectivity index (χ1n) is 7.50. The molecule has 2 heterocycles. The number of thioether (sulfide) groups is 1. The monoisotopic (exact) mass is 427 g/mol. The van der Waals surface area contributed by atoms with Crippen LogP contribution >= 0.6 is 39.0 Å². The Balaban J connectivity index is 1.92. The van der Waals surface area contributed by atoms with Crippen LogP contribution in [0, 0.1) is 0 Å². The highest BCUT2D eigenvalue weighted by atomic mass is 79.9. The maximum Gasteiger partial charge on any atom is 0.224 e. The number of amides is 1. The number of nitrogens with zero attached hydrogens (tertiary/aromatic N) is 1. The number of carbonyl (C=O) groups is 1. The summed E-state index contributed by atoms with van der Waals surface area (Å²) in [6.45, 7) is 0.506. The fourth-order valence-electron chi connectivity index (χ4n) is 2.75. The Hall–Kier alpha value is -1.18. The quantitative estimate of drug-likeness (QED) is 0.693. The Labute approximate surface area is 158 Å². The van der Waals surface area contributed by atoms with Gasteiger partial charge in [0.1, 0.15) is 5.37 Å². The predicted octanol–water partition coefficient (Wildman–Crippen LogP) is 4.69. The Kier molecular flexibility index (Phi) is 5.73. The molecule has 1 aromatic carbocycles. The fraction of sp³-hybridized carbons (Fsp3) is 0.353. The van der Waals surface area contributed by atoms with E-state index >= 15 is 0 Å². The van der Waals surface area contributed by atoms with Gasteiger partial charge in [0.15, 0.2) is 11.5 Å². The number of methoxy groups -OCH3 is 2. The van der Waals surface area contributed by atoms with Gasteiger partial charge in [-0.25, -0.2) is 0 Å². The van der Waals surface area contributed by atoms with Crippen LogP contribution < -0.4 is 9.47 Å². The summed E-state index contributed by atoms with van der Waals surface area (Å²) in [5.41, 5.74) is 0.952. The SMILES string of the molecule is COc1cccc(CN2C(=O)CCSC2c2ccc(Br)s2)c1OC. The van der Waals surface area contributed by atoms with Crippen molar-refractivity contribution in [3.8, 4) is 11.5 Å². The molecular weight excluding hydrogens is 410 g/mol. The molecular formula is C17H18BrNO3S2. The predicted molar refractivity (Wildman–Crippen MR) is 102 cm³/mol. The van der Waals surface area contributed by atoms with Crippen LogP contribution in [-0.2, 0) is 11.3 Å². The lowest BCUT2D eigenvalue weighted by atomic mass is 10.1. The van der Waals surface area contributed by atoms with Crippen LogP contribution in [-0.4, -0.2) is 30.8 Å². The third-order valence-corrected chi connectivity index (χ3v) is 6.95. The summed E-state index contributed by atoms with van der Waals surface area (Å²) < 4.78 is 12.0. The molecule has 0 bridgehead atoms. The van der Waals surface area contributed by atoms with Crippen molar-refractivity contribution in [3.63, 3.8) is 0 Å². The number of rotatable bonds is 5. The lowest BCUT2D eigenvalue weighted by Crippen LogP contribution is -2.36. The first kappa shape index (κ1) is 17.6. The van der Waals surface area contributed by atoms with E-state index in [-0.39, 0.29) is 11.3 Å². The second kappa shape index (κ2) is 7.80. The summed E-state index contributed by atoms with van der Waals surface area (Å²) in [5, 5.41) is 0.0402. The molecule has 128 valence electrons. The van der Waals surface area contributed by atoms with Gasteiger partial charge in [0.25, 0.3) is 0 Å². The van der Waals surface area contributed by atoms with E-state index < -0.39 is 0 Å². The van der Waals surface area contributed by atoms with Crippen LogP contribution in [0.4, 0.5) is 0 Å². The molecule has 1 fully saturated rings. The van der Waals surface area contributed by atoms with Gasteiger partial charge in [-0.15, -0.1) is 23.1 Å². The summed E-state index contributed by atoms with van der Waals surface area (Å²) in [6.07, 6.45) is 0.569. The van der Waals surface area contributed by atoms with E-state index in [1.54, 1.807) is 37.3 Å². The highest BCUT2D eigenvalue weighted by molar-refractivity contribution is 9.11. The zero-order valence-electron chi connectivity index (χ0n) is 13.5. The lowest BCUT2D eigenvalue weighted by molar-refractivity contribution is -0.132. The highest BCUT2D eigenvalue weighted by Crippen LogP contribution is 2.43. The van der Waals surface area contributed by atoms with Crippen molar-refractivity contribution in [2.24, 2.45) is 0 Å². The van der Waals surface area contributed by atoms with Gasteiger partial charge in [-0.3, -0.25) is 4.79 Å². The molecule has 0 N–H and O–H groups in total. The van der Waals surface area contributed by atoms with Crippen LogP contribution in [0.25, 0.3) is 0 Å². The molecule has 24 heavy (non-hydrogen) atoms. The van der Waals surface area contributed by atoms with E-state index in [0.29, 0.717) is 24.5 Å². The Bertz CT molecular complexity index is 734. The number of hydrogen-bond acceptors (Lipinski definition) is 5. The molecule has 0 saturated carbocycles. The van der Waals surface area contributed by atoms with Crippen molar-refractivity contribution in [1.82, 2.24) is 4.90 Å². The molecule has 1 saturated heterocycles. The lowest BCUT2D eigenvalue weighted by Gasteiger charge is -2.35. The second-order valence-corrected chi connectivity index (χ2v) is 8.97. The number of hydrogen-bond donors (Lipinski definition) is 0. The summed E-state index contributed by atoms with van der Waals surface area (Å²) in [5.74, 6) is 2.40. The molecule has 1 aliphatic rings. The maximum atomic E-state index is 12.6. The third kappa shape index (κ3) is 3.58. The first-order valence-corrected chi connectivity index (χ1v) is 10.2. The van der Waals surface area contributed by atoms with E-state index in [1.807, 2.05) is 29.2 Å². The van der Waals surface area contributed by atoms with Crippen molar-refractivity contribution < 1.29 is 14.3 Å². The molecule has 3 rings (SSSR count). The average molecular weight is 428 g/mol. The molecule has 1 unspecified atom stereocenters. The van der Waals surface area contributed by atoms with Gasteiger partial charge in [-0.1, -0.05) is 12.1 Å². The van der Waals surface area contributed by atoms with Gasteiger partial charge in [0.05, 0.1) is 24.6 Å². The highest BCUT2D eigenvalue weighted by Gasteiger charge is 2.31. The molecule has 0 spiro atoms. The van der Waals surface area contributed by atoms with Gasteiger partial charge in [0, 0.05) is 22.6 Å². The molecule has 0 aliphatic carbocycles. The van der Waals surface area contributed by atoms with Crippen LogP contribution in [0.2, 0.25) is 0 Å². The first-order chi connectivity index (χ1) is 11.6. The van der Waals surface area contributed by atoms with Crippen LogP contribution in [0.5, 0.6) is 11.5 Å². The topological polar surface area (TPSA) is 38.8 Å². The Morgan fingerprint density at radius 3 is 2.75 bits per heavy atom. The number of benzene rings is 1. The number of carbonyl (C=O) groups excluding carboxylic acids is 1. The zero-order chi connectivity index (χ0) is 17.1. The molecule has 0 radical (unpaired) electrons. The number of ether oxygens (including phenoxy) is 2. The zero-order valence-corrected chi connectivity index (χ0v) is 16.7. The van der Waals surface area contributed by atoms with Crippen molar-refractivity contribution in [1.29, 1.82) is 0 Å².